The van der Waals surface area contributed by atoms with Gasteiger partial charge in [0.25, 0.3) is 5.91 Å². The molecule has 6 rings (SSSR count). The number of piperidine rings is 1. The van der Waals surface area contributed by atoms with Gasteiger partial charge in [-0.1, -0.05) is 38.1 Å². The van der Waals surface area contributed by atoms with Crippen molar-refractivity contribution in [3.05, 3.63) is 65.9 Å². The van der Waals surface area contributed by atoms with E-state index in [1.54, 1.807) is 11.1 Å². The number of para-hydroxylation sites is 1. The zero-order valence-electron chi connectivity index (χ0n) is 22.8. The van der Waals surface area contributed by atoms with Gasteiger partial charge in [0.15, 0.2) is 0 Å². The topological polar surface area (TPSA) is 68.8 Å². The van der Waals surface area contributed by atoms with E-state index in [1.165, 1.54) is 23.3 Å². The summed E-state index contributed by atoms with van der Waals surface area (Å²) >= 11 is 0. The summed E-state index contributed by atoms with van der Waals surface area (Å²) in [4.78, 5) is 37.7. The standard InChI is InChI=1S/C31H37N5O2/c1-30(2)20-34(18-21-11-14-32-15-12-21)27-17-23(9-10-25(27)30)36-28(37)31(3,4)35(29(36)38)19-22-13-16-33-26-8-6-5-7-24(22)26/h5-10,13,16-17,21,32H,11-12,14-15,18-20H2,1-4H3. The number of imide groups is 1. The van der Waals surface area contributed by atoms with Crippen LogP contribution in [0, 0.1) is 5.92 Å². The molecule has 38 heavy (non-hydrogen) atoms. The molecular formula is C31H37N5O2. The van der Waals surface area contributed by atoms with Crippen molar-refractivity contribution in [2.45, 2.75) is 58.0 Å². The van der Waals surface area contributed by atoms with Gasteiger partial charge in [0.05, 0.1) is 11.2 Å². The quantitative estimate of drug-likeness (QED) is 0.484. The van der Waals surface area contributed by atoms with Gasteiger partial charge in [-0.15, -0.1) is 0 Å². The number of hydrogen-bond donors (Lipinski definition) is 1. The molecule has 3 amide bonds. The fourth-order valence-electron chi connectivity index (χ4n) is 6.47. The third-order valence-electron chi connectivity index (χ3n) is 8.72. The van der Waals surface area contributed by atoms with E-state index in [9.17, 15) is 9.59 Å². The van der Waals surface area contributed by atoms with E-state index in [-0.39, 0.29) is 17.4 Å². The van der Waals surface area contributed by atoms with Crippen molar-refractivity contribution < 1.29 is 9.59 Å². The zero-order chi connectivity index (χ0) is 26.7. The highest BCUT2D eigenvalue weighted by molar-refractivity contribution is 6.23. The maximum absolute atomic E-state index is 13.9. The van der Waals surface area contributed by atoms with Gasteiger partial charge >= 0.3 is 6.03 Å². The number of nitrogens with zero attached hydrogens (tertiary/aromatic N) is 4. The number of pyridine rings is 1. The van der Waals surface area contributed by atoms with E-state index >= 15 is 0 Å². The first kappa shape index (κ1) is 24.9. The Kier molecular flexibility index (Phi) is 5.94. The number of carbonyl (C=O) groups is 2. The maximum atomic E-state index is 13.9. The summed E-state index contributed by atoms with van der Waals surface area (Å²) in [5, 5.41) is 4.46. The lowest BCUT2D eigenvalue weighted by Gasteiger charge is -2.30. The van der Waals surface area contributed by atoms with Crippen molar-refractivity contribution in [1.82, 2.24) is 15.2 Å². The van der Waals surface area contributed by atoms with Crippen LogP contribution in [0.5, 0.6) is 0 Å². The number of benzene rings is 2. The summed E-state index contributed by atoms with van der Waals surface area (Å²) in [6, 6.07) is 15.7. The molecule has 2 fully saturated rings. The van der Waals surface area contributed by atoms with Crippen molar-refractivity contribution in [3.8, 4) is 0 Å². The molecule has 0 aliphatic carbocycles. The van der Waals surface area contributed by atoms with Gasteiger partial charge in [-0.05, 0) is 81.1 Å². The molecular weight excluding hydrogens is 474 g/mol. The molecule has 0 spiro atoms. The number of aromatic nitrogens is 1. The summed E-state index contributed by atoms with van der Waals surface area (Å²) in [5.41, 5.74) is 4.02. The SMILES string of the molecule is CC1(C)CN(CC2CCNCC2)c2cc(N3C(=O)N(Cc4ccnc5ccccc45)C(C)(C)C3=O)ccc21. The van der Waals surface area contributed by atoms with Gasteiger partial charge in [-0.2, -0.15) is 0 Å². The number of hydrogen-bond acceptors (Lipinski definition) is 5. The predicted molar refractivity (Wildman–Crippen MR) is 152 cm³/mol. The Morgan fingerprint density at radius 3 is 2.55 bits per heavy atom. The molecule has 0 bridgehead atoms. The van der Waals surface area contributed by atoms with Gasteiger partial charge in [0.1, 0.15) is 5.54 Å². The predicted octanol–water partition coefficient (Wildman–Crippen LogP) is 5.08. The molecule has 0 radical (unpaired) electrons. The Morgan fingerprint density at radius 2 is 1.76 bits per heavy atom. The first-order valence-electron chi connectivity index (χ1n) is 13.8. The lowest BCUT2D eigenvalue weighted by Crippen LogP contribution is -2.43. The van der Waals surface area contributed by atoms with Crippen LogP contribution in [-0.2, 0) is 16.8 Å². The monoisotopic (exact) mass is 511 g/mol. The lowest BCUT2D eigenvalue weighted by molar-refractivity contribution is -0.123. The van der Waals surface area contributed by atoms with Crippen molar-refractivity contribution >= 4 is 34.2 Å². The fourth-order valence-corrected chi connectivity index (χ4v) is 6.47. The third-order valence-corrected chi connectivity index (χ3v) is 8.72. The first-order chi connectivity index (χ1) is 18.2. The molecule has 4 heterocycles. The number of nitrogens with one attached hydrogen (secondary N) is 1. The summed E-state index contributed by atoms with van der Waals surface area (Å²) in [5.74, 6) is 0.462. The van der Waals surface area contributed by atoms with E-state index in [0.29, 0.717) is 18.2 Å². The molecule has 2 saturated heterocycles. The second-order valence-electron chi connectivity index (χ2n) is 12.2. The van der Waals surface area contributed by atoms with Crippen molar-refractivity contribution in [2.75, 3.05) is 36.0 Å². The number of rotatable bonds is 5. The zero-order valence-corrected chi connectivity index (χ0v) is 22.8. The molecule has 7 nitrogen and oxygen atoms in total. The Balaban J connectivity index is 1.32. The minimum absolute atomic E-state index is 0.0213. The highest BCUT2D eigenvalue weighted by Gasteiger charge is 2.52. The van der Waals surface area contributed by atoms with Crippen LogP contribution in [0.1, 0.15) is 51.7 Å². The van der Waals surface area contributed by atoms with E-state index < -0.39 is 5.54 Å². The molecule has 7 heteroatoms. The highest BCUT2D eigenvalue weighted by atomic mass is 16.2. The summed E-state index contributed by atoms with van der Waals surface area (Å²) < 4.78 is 0. The normalized spacial score (nSPS) is 21.0. The molecule has 3 aromatic rings. The van der Waals surface area contributed by atoms with Crippen molar-refractivity contribution in [3.63, 3.8) is 0 Å². The van der Waals surface area contributed by atoms with Crippen LogP contribution in [0.25, 0.3) is 10.9 Å². The van der Waals surface area contributed by atoms with Crippen LogP contribution in [-0.4, -0.2) is 53.5 Å². The second kappa shape index (κ2) is 9.09. The van der Waals surface area contributed by atoms with Gasteiger partial charge in [-0.3, -0.25) is 9.78 Å². The number of fused-ring (bicyclic) bond motifs is 2. The number of anilines is 2. The smallest absolute Gasteiger partial charge is 0.332 e. The van der Waals surface area contributed by atoms with Crippen LogP contribution in [0.2, 0.25) is 0 Å². The molecule has 0 saturated carbocycles. The second-order valence-corrected chi connectivity index (χ2v) is 12.2. The first-order valence-corrected chi connectivity index (χ1v) is 13.8. The van der Waals surface area contributed by atoms with Gasteiger partial charge in [-0.25, -0.2) is 9.69 Å². The molecule has 3 aliphatic heterocycles. The lowest BCUT2D eigenvalue weighted by atomic mass is 9.87. The molecule has 0 unspecified atom stereocenters. The van der Waals surface area contributed by atoms with E-state index in [2.05, 4.69) is 41.2 Å². The van der Waals surface area contributed by atoms with Crippen LogP contribution >= 0.6 is 0 Å². The van der Waals surface area contributed by atoms with Crippen molar-refractivity contribution in [2.24, 2.45) is 5.92 Å². The molecule has 0 atom stereocenters. The largest absolute Gasteiger partial charge is 0.370 e. The Bertz CT molecular complexity index is 1400. The third kappa shape index (κ3) is 4.04. The highest BCUT2D eigenvalue weighted by Crippen LogP contribution is 2.44. The van der Waals surface area contributed by atoms with E-state index in [1.807, 2.05) is 50.2 Å². The molecule has 198 valence electrons. The summed E-state index contributed by atoms with van der Waals surface area (Å²) in [7, 11) is 0. The van der Waals surface area contributed by atoms with Crippen molar-refractivity contribution in [1.29, 1.82) is 0 Å². The molecule has 2 aromatic carbocycles. The van der Waals surface area contributed by atoms with Crippen LogP contribution in [0.15, 0.2) is 54.7 Å². The molecule has 3 aliphatic rings. The number of carbonyl (C=O) groups excluding carboxylic acids is 2. The Hall–Kier alpha value is -3.45. The fraction of sp³-hybridized carbons (Fsp3) is 0.452. The molecule has 1 aromatic heterocycles. The van der Waals surface area contributed by atoms with Crippen LogP contribution < -0.4 is 15.1 Å². The van der Waals surface area contributed by atoms with E-state index in [0.717, 1.165) is 48.3 Å². The van der Waals surface area contributed by atoms with Gasteiger partial charge in [0, 0.05) is 42.3 Å². The Morgan fingerprint density at radius 1 is 1.00 bits per heavy atom. The van der Waals surface area contributed by atoms with Gasteiger partial charge < -0.3 is 15.1 Å². The van der Waals surface area contributed by atoms with E-state index in [4.69, 9.17) is 0 Å². The minimum Gasteiger partial charge on any atom is -0.370 e. The average molecular weight is 512 g/mol. The number of urea groups is 1. The minimum atomic E-state index is -0.964. The van der Waals surface area contributed by atoms with Crippen LogP contribution in [0.3, 0.4) is 0 Å². The summed E-state index contributed by atoms with van der Waals surface area (Å²) in [6.45, 7) is 12.7. The number of amides is 3. The van der Waals surface area contributed by atoms with Crippen LogP contribution in [0.4, 0.5) is 16.2 Å². The Labute approximate surface area is 224 Å². The maximum Gasteiger partial charge on any atom is 0.332 e. The summed E-state index contributed by atoms with van der Waals surface area (Å²) in [6.07, 6.45) is 4.13. The average Bonchev–Trinajstić information content (AvgIpc) is 3.25. The molecule has 1 N–H and O–H groups in total. The van der Waals surface area contributed by atoms with Gasteiger partial charge in [0.2, 0.25) is 0 Å².